The number of carbonyl (C=O) groups is 2. The number of likely N-dealkylation sites (N-methyl/N-ethyl adjacent to an activating group) is 1. The summed E-state index contributed by atoms with van der Waals surface area (Å²) in [6, 6.07) is 9.91. The SMILES string of the molecule is CN1CCCC1C(=O)N1CC=C(c2ccc(NC(=O)N3Cc4ccncc4C3)cc2)CC1. The summed E-state index contributed by atoms with van der Waals surface area (Å²) in [5.74, 6) is 0.262. The maximum Gasteiger partial charge on any atom is 0.322 e. The van der Waals surface area contributed by atoms with Crippen LogP contribution in [0.3, 0.4) is 0 Å². The lowest BCUT2D eigenvalue weighted by Crippen LogP contribution is -2.45. The smallest absolute Gasteiger partial charge is 0.322 e. The largest absolute Gasteiger partial charge is 0.337 e. The number of hydrogen-bond acceptors (Lipinski definition) is 4. The van der Waals surface area contributed by atoms with Crippen molar-refractivity contribution >= 4 is 23.2 Å². The molecule has 1 saturated heterocycles. The van der Waals surface area contributed by atoms with Gasteiger partial charge in [-0.3, -0.25) is 14.7 Å². The standard InChI is InChI=1S/C25H29N5O2/c1-28-12-2-3-23(28)24(31)29-13-9-19(10-14-29)18-4-6-22(7-5-18)27-25(32)30-16-20-8-11-26-15-21(20)17-30/h4-9,11,15,23H,2-3,10,12-14,16-17H2,1H3,(H,27,32). The van der Waals surface area contributed by atoms with Crippen LogP contribution in [0.4, 0.5) is 10.5 Å². The number of nitrogens with zero attached hydrogens (tertiary/aromatic N) is 4. The third kappa shape index (κ3) is 4.12. The minimum atomic E-state index is -0.100. The van der Waals surface area contributed by atoms with E-state index in [9.17, 15) is 9.59 Å². The van der Waals surface area contributed by atoms with Gasteiger partial charge in [0.15, 0.2) is 0 Å². The highest BCUT2D eigenvalue weighted by molar-refractivity contribution is 5.90. The first-order valence-corrected chi connectivity index (χ1v) is 11.3. The van der Waals surface area contributed by atoms with Crippen molar-refractivity contribution < 1.29 is 9.59 Å². The van der Waals surface area contributed by atoms with E-state index in [0.29, 0.717) is 19.6 Å². The Hall–Kier alpha value is -3.19. The van der Waals surface area contributed by atoms with Crippen molar-refractivity contribution in [2.24, 2.45) is 0 Å². The van der Waals surface area contributed by atoms with Gasteiger partial charge in [-0.2, -0.15) is 0 Å². The molecule has 1 atom stereocenters. The molecule has 166 valence electrons. The van der Waals surface area contributed by atoms with Crippen molar-refractivity contribution in [1.82, 2.24) is 19.7 Å². The van der Waals surface area contributed by atoms with Crippen LogP contribution >= 0.6 is 0 Å². The topological polar surface area (TPSA) is 68.8 Å². The summed E-state index contributed by atoms with van der Waals surface area (Å²) in [5.41, 5.74) is 5.45. The number of pyridine rings is 1. The number of aromatic nitrogens is 1. The quantitative estimate of drug-likeness (QED) is 0.809. The lowest BCUT2D eigenvalue weighted by atomic mass is 9.98. The van der Waals surface area contributed by atoms with Crippen LogP contribution in [0.15, 0.2) is 48.8 Å². The zero-order valence-corrected chi connectivity index (χ0v) is 18.5. The highest BCUT2D eigenvalue weighted by atomic mass is 16.2. The van der Waals surface area contributed by atoms with E-state index in [2.05, 4.69) is 21.3 Å². The molecule has 0 bridgehead atoms. The Morgan fingerprint density at radius 2 is 1.84 bits per heavy atom. The average Bonchev–Trinajstić information content (AvgIpc) is 3.45. The molecule has 0 spiro atoms. The molecule has 1 N–H and O–H groups in total. The molecule has 0 saturated carbocycles. The van der Waals surface area contributed by atoms with Crippen LogP contribution in [0.5, 0.6) is 0 Å². The predicted octanol–water partition coefficient (Wildman–Crippen LogP) is 3.34. The second-order valence-electron chi connectivity index (χ2n) is 8.91. The molecular weight excluding hydrogens is 402 g/mol. The summed E-state index contributed by atoms with van der Waals surface area (Å²) in [4.78, 5) is 35.5. The van der Waals surface area contributed by atoms with Crippen LogP contribution in [-0.4, -0.2) is 64.3 Å². The average molecular weight is 432 g/mol. The van der Waals surface area contributed by atoms with Crippen molar-refractivity contribution in [3.63, 3.8) is 0 Å². The molecule has 4 heterocycles. The van der Waals surface area contributed by atoms with Crippen molar-refractivity contribution in [1.29, 1.82) is 0 Å². The molecule has 1 fully saturated rings. The lowest BCUT2D eigenvalue weighted by molar-refractivity contribution is -0.135. The van der Waals surface area contributed by atoms with E-state index < -0.39 is 0 Å². The molecule has 1 unspecified atom stereocenters. The summed E-state index contributed by atoms with van der Waals surface area (Å²) in [6.45, 7) is 3.64. The van der Waals surface area contributed by atoms with Crippen LogP contribution in [-0.2, 0) is 17.9 Å². The van der Waals surface area contributed by atoms with Crippen LogP contribution in [0, 0.1) is 0 Å². The predicted molar refractivity (Wildman–Crippen MR) is 124 cm³/mol. The molecule has 7 nitrogen and oxygen atoms in total. The molecule has 3 amide bonds. The zero-order valence-electron chi connectivity index (χ0n) is 18.5. The van der Waals surface area contributed by atoms with E-state index in [0.717, 1.165) is 54.7 Å². The second kappa shape index (κ2) is 8.74. The normalized spacial score (nSPS) is 20.8. The first-order valence-electron chi connectivity index (χ1n) is 11.3. The fraction of sp³-hybridized carbons (Fsp3) is 0.400. The number of amides is 3. The van der Waals surface area contributed by atoms with E-state index in [1.54, 1.807) is 11.1 Å². The molecule has 1 aromatic heterocycles. The van der Waals surface area contributed by atoms with Crippen LogP contribution in [0.2, 0.25) is 0 Å². The summed E-state index contributed by atoms with van der Waals surface area (Å²) in [7, 11) is 2.04. The molecular formula is C25H29N5O2. The number of anilines is 1. The van der Waals surface area contributed by atoms with Gasteiger partial charge in [-0.15, -0.1) is 0 Å². The fourth-order valence-corrected chi connectivity index (χ4v) is 4.90. The highest BCUT2D eigenvalue weighted by Crippen LogP contribution is 2.26. The molecule has 3 aliphatic rings. The van der Waals surface area contributed by atoms with Gasteiger partial charge in [0.1, 0.15) is 0 Å². The summed E-state index contributed by atoms with van der Waals surface area (Å²) >= 11 is 0. The van der Waals surface area contributed by atoms with Gasteiger partial charge in [-0.05, 0) is 73.3 Å². The molecule has 0 radical (unpaired) electrons. The maximum atomic E-state index is 12.8. The highest BCUT2D eigenvalue weighted by Gasteiger charge is 2.32. The number of urea groups is 1. The van der Waals surface area contributed by atoms with Crippen LogP contribution in [0.25, 0.3) is 5.57 Å². The Morgan fingerprint density at radius 1 is 1.03 bits per heavy atom. The van der Waals surface area contributed by atoms with Crippen LogP contribution in [0.1, 0.15) is 36.0 Å². The van der Waals surface area contributed by atoms with Gasteiger partial charge < -0.3 is 15.1 Å². The van der Waals surface area contributed by atoms with Gasteiger partial charge in [-0.25, -0.2) is 4.79 Å². The first-order chi connectivity index (χ1) is 15.6. The molecule has 0 aliphatic carbocycles. The van der Waals surface area contributed by atoms with Crippen molar-refractivity contribution in [2.75, 3.05) is 32.0 Å². The monoisotopic (exact) mass is 431 g/mol. The van der Waals surface area contributed by atoms with Gasteiger partial charge in [0.25, 0.3) is 0 Å². The third-order valence-corrected chi connectivity index (χ3v) is 6.85. The molecule has 32 heavy (non-hydrogen) atoms. The minimum Gasteiger partial charge on any atom is -0.337 e. The zero-order chi connectivity index (χ0) is 22.1. The van der Waals surface area contributed by atoms with Gasteiger partial charge in [0, 0.05) is 44.3 Å². The van der Waals surface area contributed by atoms with E-state index in [1.807, 2.05) is 48.5 Å². The summed E-state index contributed by atoms with van der Waals surface area (Å²) < 4.78 is 0. The van der Waals surface area contributed by atoms with Gasteiger partial charge in [0.05, 0.1) is 6.04 Å². The fourth-order valence-electron chi connectivity index (χ4n) is 4.90. The third-order valence-electron chi connectivity index (χ3n) is 6.85. The Morgan fingerprint density at radius 3 is 2.53 bits per heavy atom. The summed E-state index contributed by atoms with van der Waals surface area (Å²) in [6.07, 6.45) is 8.69. The number of rotatable bonds is 3. The summed E-state index contributed by atoms with van der Waals surface area (Å²) in [5, 5.41) is 3.00. The Balaban J connectivity index is 1.17. The van der Waals surface area contributed by atoms with Crippen molar-refractivity contribution in [3.05, 3.63) is 65.5 Å². The Bertz CT molecular complexity index is 1020. The number of carbonyl (C=O) groups excluding carboxylic acids is 2. The number of benzene rings is 1. The number of likely N-dealkylation sites (tertiary alicyclic amines) is 1. The lowest BCUT2D eigenvalue weighted by Gasteiger charge is -2.31. The van der Waals surface area contributed by atoms with Crippen molar-refractivity contribution in [3.8, 4) is 0 Å². The Kier molecular flexibility index (Phi) is 5.66. The van der Waals surface area contributed by atoms with E-state index in [1.165, 1.54) is 5.57 Å². The molecule has 5 rings (SSSR count). The van der Waals surface area contributed by atoms with Crippen molar-refractivity contribution in [2.45, 2.75) is 38.4 Å². The number of nitrogens with one attached hydrogen (secondary N) is 1. The molecule has 7 heteroatoms. The van der Waals surface area contributed by atoms with E-state index in [-0.39, 0.29) is 18.0 Å². The van der Waals surface area contributed by atoms with Crippen LogP contribution < -0.4 is 5.32 Å². The minimum absolute atomic E-state index is 0.0486. The van der Waals surface area contributed by atoms with Gasteiger partial charge in [0.2, 0.25) is 5.91 Å². The maximum absolute atomic E-state index is 12.8. The number of hydrogen-bond donors (Lipinski definition) is 1. The van der Waals surface area contributed by atoms with Gasteiger partial charge in [-0.1, -0.05) is 18.2 Å². The second-order valence-corrected chi connectivity index (χ2v) is 8.91. The molecule has 1 aromatic carbocycles. The molecule has 3 aliphatic heterocycles. The van der Waals surface area contributed by atoms with Gasteiger partial charge >= 0.3 is 6.03 Å². The van der Waals surface area contributed by atoms with E-state index >= 15 is 0 Å². The van der Waals surface area contributed by atoms with E-state index in [4.69, 9.17) is 0 Å². The number of fused-ring (bicyclic) bond motifs is 1. The first kappa shape index (κ1) is 20.7. The Labute approximate surface area is 188 Å². The molecule has 2 aromatic rings.